The minimum Gasteiger partial charge on any atom is -0.488 e. The molecule has 0 spiro atoms. The van der Waals surface area contributed by atoms with Crippen LogP contribution in [-0.2, 0) is 11.3 Å². The summed E-state index contributed by atoms with van der Waals surface area (Å²) < 4.78 is 11.0. The predicted molar refractivity (Wildman–Crippen MR) is 83.5 cm³/mol. The number of rotatable bonds is 7. The second-order valence-corrected chi connectivity index (χ2v) is 5.68. The lowest BCUT2D eigenvalue weighted by Gasteiger charge is -2.22. The molecule has 2 unspecified atom stereocenters. The van der Waals surface area contributed by atoms with E-state index in [1.165, 1.54) is 12.0 Å². The van der Waals surface area contributed by atoms with Crippen molar-refractivity contribution in [3.8, 4) is 5.75 Å². The van der Waals surface area contributed by atoms with Gasteiger partial charge in [0, 0.05) is 20.2 Å². The molecule has 1 aliphatic carbocycles. The molecule has 118 valence electrons. The van der Waals surface area contributed by atoms with Crippen LogP contribution >= 0.6 is 0 Å². The fraction of sp³-hybridized carbons (Fsp3) is 0.647. The second-order valence-electron chi connectivity index (χ2n) is 5.68. The van der Waals surface area contributed by atoms with Gasteiger partial charge >= 0.3 is 0 Å². The van der Waals surface area contributed by atoms with E-state index < -0.39 is 0 Å². The highest BCUT2D eigenvalue weighted by Gasteiger charge is 2.23. The zero-order valence-electron chi connectivity index (χ0n) is 12.9. The molecule has 0 heterocycles. The summed E-state index contributed by atoms with van der Waals surface area (Å²) in [6.45, 7) is 2.40. The third-order valence-electron chi connectivity index (χ3n) is 3.94. The molecule has 1 aromatic rings. The SMILES string of the molecule is COCCNCc1ccc(OC2CCCCCC2O)cc1. The molecule has 1 aromatic carbocycles. The monoisotopic (exact) mass is 293 g/mol. The van der Waals surface area contributed by atoms with E-state index >= 15 is 0 Å². The van der Waals surface area contributed by atoms with Gasteiger partial charge in [-0.25, -0.2) is 0 Å². The maximum Gasteiger partial charge on any atom is 0.124 e. The van der Waals surface area contributed by atoms with Crippen molar-refractivity contribution in [2.24, 2.45) is 0 Å². The van der Waals surface area contributed by atoms with E-state index in [4.69, 9.17) is 9.47 Å². The lowest BCUT2D eigenvalue weighted by atomic mass is 10.1. The quantitative estimate of drug-likeness (QED) is 0.599. The van der Waals surface area contributed by atoms with Crippen LogP contribution in [0.2, 0.25) is 0 Å². The van der Waals surface area contributed by atoms with E-state index in [2.05, 4.69) is 17.4 Å². The second kappa shape index (κ2) is 9.03. The van der Waals surface area contributed by atoms with Gasteiger partial charge in [0.25, 0.3) is 0 Å². The van der Waals surface area contributed by atoms with Crippen LogP contribution in [0.15, 0.2) is 24.3 Å². The van der Waals surface area contributed by atoms with Crippen LogP contribution in [0.5, 0.6) is 5.75 Å². The molecular formula is C17H27NO3. The lowest BCUT2D eigenvalue weighted by molar-refractivity contribution is 0.0320. The van der Waals surface area contributed by atoms with Crippen molar-refractivity contribution in [2.45, 2.75) is 50.9 Å². The molecule has 2 N–H and O–H groups in total. The molecule has 0 bridgehead atoms. The Morgan fingerprint density at radius 3 is 2.67 bits per heavy atom. The Morgan fingerprint density at radius 1 is 1.14 bits per heavy atom. The molecule has 1 fully saturated rings. The first-order valence-corrected chi connectivity index (χ1v) is 7.93. The van der Waals surface area contributed by atoms with Gasteiger partial charge in [-0.15, -0.1) is 0 Å². The molecule has 2 atom stereocenters. The number of hydrogen-bond acceptors (Lipinski definition) is 4. The smallest absolute Gasteiger partial charge is 0.124 e. The molecule has 4 nitrogen and oxygen atoms in total. The number of methoxy groups -OCH3 is 1. The Hall–Kier alpha value is -1.10. The molecule has 1 saturated carbocycles. The van der Waals surface area contributed by atoms with Crippen molar-refractivity contribution >= 4 is 0 Å². The topological polar surface area (TPSA) is 50.7 Å². The van der Waals surface area contributed by atoms with Gasteiger partial charge in [-0.3, -0.25) is 0 Å². The average Bonchev–Trinajstić information content (AvgIpc) is 2.70. The van der Waals surface area contributed by atoms with Gasteiger partial charge in [-0.1, -0.05) is 25.0 Å². The highest BCUT2D eigenvalue weighted by molar-refractivity contribution is 5.27. The molecular weight excluding hydrogens is 266 g/mol. The van der Waals surface area contributed by atoms with E-state index in [1.807, 2.05) is 12.1 Å². The number of hydrogen-bond donors (Lipinski definition) is 2. The van der Waals surface area contributed by atoms with Crippen LogP contribution in [0.4, 0.5) is 0 Å². The van der Waals surface area contributed by atoms with Crippen LogP contribution in [0.3, 0.4) is 0 Å². The van der Waals surface area contributed by atoms with Gasteiger partial charge in [-0.2, -0.15) is 0 Å². The van der Waals surface area contributed by atoms with Crippen LogP contribution in [0, 0.1) is 0 Å². The summed E-state index contributed by atoms with van der Waals surface area (Å²) in [5, 5.41) is 13.4. The van der Waals surface area contributed by atoms with Gasteiger partial charge in [0.15, 0.2) is 0 Å². The number of nitrogens with one attached hydrogen (secondary N) is 1. The molecule has 0 amide bonds. The Balaban J connectivity index is 1.81. The standard InChI is InChI=1S/C17H27NO3/c1-20-12-11-18-13-14-7-9-15(10-8-14)21-17-6-4-2-3-5-16(17)19/h7-10,16-19H,2-6,11-13H2,1H3. The molecule has 2 rings (SSSR count). The van der Waals surface area contributed by atoms with Gasteiger partial charge in [0.2, 0.25) is 0 Å². The highest BCUT2D eigenvalue weighted by atomic mass is 16.5. The van der Waals surface area contributed by atoms with Gasteiger partial charge < -0.3 is 19.9 Å². The summed E-state index contributed by atoms with van der Waals surface area (Å²) in [7, 11) is 1.70. The zero-order chi connectivity index (χ0) is 14.9. The summed E-state index contributed by atoms with van der Waals surface area (Å²) in [5.74, 6) is 0.849. The summed E-state index contributed by atoms with van der Waals surface area (Å²) in [6, 6.07) is 8.12. The fourth-order valence-electron chi connectivity index (χ4n) is 2.66. The first kappa shape index (κ1) is 16.3. The first-order valence-electron chi connectivity index (χ1n) is 7.93. The normalized spacial score (nSPS) is 22.8. The molecule has 0 aromatic heterocycles. The van der Waals surface area contributed by atoms with Crippen molar-refractivity contribution in [3.63, 3.8) is 0 Å². The van der Waals surface area contributed by atoms with E-state index in [9.17, 15) is 5.11 Å². The lowest BCUT2D eigenvalue weighted by Crippen LogP contribution is -2.30. The summed E-state index contributed by atoms with van der Waals surface area (Å²) in [4.78, 5) is 0. The van der Waals surface area contributed by atoms with Crippen LogP contribution in [0.1, 0.15) is 37.7 Å². The Morgan fingerprint density at radius 2 is 1.90 bits per heavy atom. The molecule has 1 aliphatic rings. The third-order valence-corrected chi connectivity index (χ3v) is 3.94. The van der Waals surface area contributed by atoms with Gasteiger partial charge in [0.05, 0.1) is 12.7 Å². The largest absolute Gasteiger partial charge is 0.488 e. The van der Waals surface area contributed by atoms with Gasteiger partial charge in [-0.05, 0) is 37.0 Å². The minimum absolute atomic E-state index is 0.0572. The van der Waals surface area contributed by atoms with Crippen LogP contribution < -0.4 is 10.1 Å². The molecule has 0 radical (unpaired) electrons. The van der Waals surface area contributed by atoms with Crippen molar-refractivity contribution in [1.82, 2.24) is 5.32 Å². The maximum atomic E-state index is 10.1. The number of aliphatic hydroxyl groups excluding tert-OH is 1. The average molecular weight is 293 g/mol. The molecule has 0 saturated heterocycles. The predicted octanol–water partition coefficient (Wildman–Crippen LogP) is 2.50. The van der Waals surface area contributed by atoms with E-state index in [-0.39, 0.29) is 12.2 Å². The maximum absolute atomic E-state index is 10.1. The van der Waals surface area contributed by atoms with Crippen molar-refractivity contribution in [1.29, 1.82) is 0 Å². The molecule has 0 aliphatic heterocycles. The first-order chi connectivity index (χ1) is 10.3. The number of benzene rings is 1. The van der Waals surface area contributed by atoms with E-state index in [1.54, 1.807) is 7.11 Å². The van der Waals surface area contributed by atoms with Crippen LogP contribution in [-0.4, -0.2) is 37.6 Å². The number of aliphatic hydroxyl groups is 1. The summed E-state index contributed by atoms with van der Waals surface area (Å²) in [6.07, 6.45) is 4.86. The Labute approximate surface area is 127 Å². The molecule has 4 heteroatoms. The Bertz CT molecular complexity index is 394. The Kier molecular flexibility index (Phi) is 7.00. The van der Waals surface area contributed by atoms with Crippen molar-refractivity contribution in [2.75, 3.05) is 20.3 Å². The highest BCUT2D eigenvalue weighted by Crippen LogP contribution is 2.23. The third kappa shape index (κ3) is 5.65. The van der Waals surface area contributed by atoms with Gasteiger partial charge in [0.1, 0.15) is 11.9 Å². The van der Waals surface area contributed by atoms with Crippen molar-refractivity contribution < 1.29 is 14.6 Å². The zero-order valence-corrected chi connectivity index (χ0v) is 12.9. The summed E-state index contributed by atoms with van der Waals surface area (Å²) >= 11 is 0. The van der Waals surface area contributed by atoms with E-state index in [0.717, 1.165) is 51.1 Å². The van der Waals surface area contributed by atoms with E-state index in [0.29, 0.717) is 0 Å². The summed E-state index contributed by atoms with van der Waals surface area (Å²) in [5.41, 5.74) is 1.22. The van der Waals surface area contributed by atoms with Crippen molar-refractivity contribution in [3.05, 3.63) is 29.8 Å². The number of ether oxygens (including phenoxy) is 2. The molecule has 21 heavy (non-hydrogen) atoms. The minimum atomic E-state index is -0.331. The fourth-order valence-corrected chi connectivity index (χ4v) is 2.66. The van der Waals surface area contributed by atoms with Crippen LogP contribution in [0.25, 0.3) is 0 Å².